The number of halogens is 3. The fourth-order valence-electron chi connectivity index (χ4n) is 1.68. The van der Waals surface area contributed by atoms with Gasteiger partial charge in [-0.3, -0.25) is 0 Å². The molecule has 0 spiro atoms. The van der Waals surface area contributed by atoms with Gasteiger partial charge in [0, 0.05) is 12.6 Å². The molecule has 1 saturated carbocycles. The minimum atomic E-state index is -4.71. The van der Waals surface area contributed by atoms with Crippen LogP contribution in [0.1, 0.15) is 19.8 Å². The predicted molar refractivity (Wildman–Crippen MR) is 70.3 cm³/mol. The van der Waals surface area contributed by atoms with Crippen LogP contribution in [0.3, 0.4) is 0 Å². The minimum Gasteiger partial charge on any atom is -0.491 e. The lowest BCUT2D eigenvalue weighted by molar-refractivity contribution is -0.274. The average molecular weight is 305 g/mol. The molecule has 2 rings (SSSR count). The number of rotatable bonds is 7. The Kier molecular flexibility index (Phi) is 4.63. The highest BCUT2D eigenvalue weighted by atomic mass is 19.4. The first-order valence-electron chi connectivity index (χ1n) is 6.68. The van der Waals surface area contributed by atoms with E-state index in [4.69, 9.17) is 4.74 Å². The van der Waals surface area contributed by atoms with Crippen molar-refractivity contribution in [1.82, 2.24) is 5.32 Å². The van der Waals surface area contributed by atoms with Crippen molar-refractivity contribution in [3.8, 4) is 11.5 Å². The third-order valence-corrected chi connectivity index (χ3v) is 2.96. The summed E-state index contributed by atoms with van der Waals surface area (Å²) >= 11 is 0. The minimum absolute atomic E-state index is 0.0478. The fourth-order valence-corrected chi connectivity index (χ4v) is 1.68. The van der Waals surface area contributed by atoms with Crippen LogP contribution in [0.25, 0.3) is 0 Å². The molecule has 21 heavy (non-hydrogen) atoms. The molecule has 1 unspecified atom stereocenters. The first-order chi connectivity index (χ1) is 9.73. The highest BCUT2D eigenvalue weighted by Gasteiger charge is 2.31. The fraction of sp³-hybridized carbons (Fsp3) is 0.571. The third kappa shape index (κ3) is 6.22. The molecular formula is C14H18F3NO3. The van der Waals surface area contributed by atoms with E-state index in [2.05, 4.69) is 10.1 Å². The van der Waals surface area contributed by atoms with Crippen LogP contribution in [0.2, 0.25) is 0 Å². The van der Waals surface area contributed by atoms with Crippen LogP contribution in [0.5, 0.6) is 11.5 Å². The molecule has 1 aliphatic carbocycles. The number of nitrogens with one attached hydrogen (secondary N) is 1. The summed E-state index contributed by atoms with van der Waals surface area (Å²) in [6.07, 6.45) is -2.46. The van der Waals surface area contributed by atoms with Crippen LogP contribution < -0.4 is 14.8 Å². The Balaban J connectivity index is 1.79. The number of alkyl halides is 3. The molecule has 0 heterocycles. The third-order valence-electron chi connectivity index (χ3n) is 2.96. The zero-order chi connectivity index (χ0) is 15.5. The highest BCUT2D eigenvalue weighted by Crippen LogP contribution is 2.25. The van der Waals surface area contributed by atoms with Crippen molar-refractivity contribution in [2.75, 3.05) is 13.2 Å². The van der Waals surface area contributed by atoms with Crippen LogP contribution in [0, 0.1) is 0 Å². The maximum Gasteiger partial charge on any atom is 0.573 e. The Morgan fingerprint density at radius 3 is 2.29 bits per heavy atom. The van der Waals surface area contributed by atoms with Crippen molar-refractivity contribution in [1.29, 1.82) is 0 Å². The molecule has 7 heteroatoms. The van der Waals surface area contributed by atoms with Gasteiger partial charge in [0.1, 0.15) is 23.7 Å². The SMILES string of the molecule is CC(O)(CNC1CC1)COc1ccc(OC(F)(F)F)cc1. The summed E-state index contributed by atoms with van der Waals surface area (Å²) in [5.41, 5.74) is -1.04. The quantitative estimate of drug-likeness (QED) is 0.812. The zero-order valence-corrected chi connectivity index (χ0v) is 11.6. The molecule has 0 amide bonds. The Labute approximate surface area is 120 Å². The van der Waals surface area contributed by atoms with Crippen molar-refractivity contribution >= 4 is 0 Å². The first-order valence-corrected chi connectivity index (χ1v) is 6.68. The normalized spacial score (nSPS) is 18.1. The molecule has 0 bridgehead atoms. The summed E-state index contributed by atoms with van der Waals surface area (Å²) in [6.45, 7) is 2.10. The summed E-state index contributed by atoms with van der Waals surface area (Å²) in [4.78, 5) is 0. The molecule has 1 fully saturated rings. The van der Waals surface area contributed by atoms with Crippen molar-refractivity contribution in [3.63, 3.8) is 0 Å². The molecule has 0 aromatic heterocycles. The van der Waals surface area contributed by atoms with Gasteiger partial charge in [0.2, 0.25) is 0 Å². The van der Waals surface area contributed by atoms with Crippen LogP contribution >= 0.6 is 0 Å². The van der Waals surface area contributed by atoms with E-state index in [-0.39, 0.29) is 12.4 Å². The van der Waals surface area contributed by atoms with E-state index in [0.29, 0.717) is 18.3 Å². The van der Waals surface area contributed by atoms with Crippen LogP contribution in [0.15, 0.2) is 24.3 Å². The summed E-state index contributed by atoms with van der Waals surface area (Å²) in [5.74, 6) is 0.0632. The van der Waals surface area contributed by atoms with Gasteiger partial charge < -0.3 is 19.9 Å². The van der Waals surface area contributed by atoms with Gasteiger partial charge in [0.15, 0.2) is 0 Å². The average Bonchev–Trinajstić information content (AvgIpc) is 3.18. The second-order valence-corrected chi connectivity index (χ2v) is 5.46. The van der Waals surface area contributed by atoms with Crippen LogP contribution in [-0.4, -0.2) is 36.3 Å². The van der Waals surface area contributed by atoms with E-state index < -0.39 is 12.0 Å². The van der Waals surface area contributed by atoms with Gasteiger partial charge >= 0.3 is 6.36 Å². The first kappa shape index (κ1) is 15.9. The molecule has 118 valence electrons. The Hall–Kier alpha value is -1.47. The Bertz CT molecular complexity index is 456. The highest BCUT2D eigenvalue weighted by molar-refractivity contribution is 5.31. The topological polar surface area (TPSA) is 50.7 Å². The second kappa shape index (κ2) is 6.11. The lowest BCUT2D eigenvalue weighted by atomic mass is 10.1. The van der Waals surface area contributed by atoms with E-state index in [9.17, 15) is 18.3 Å². The zero-order valence-electron chi connectivity index (χ0n) is 11.6. The molecule has 0 radical (unpaired) electrons. The summed E-state index contributed by atoms with van der Waals surface area (Å²) in [6, 6.07) is 5.55. The number of benzene rings is 1. The smallest absolute Gasteiger partial charge is 0.491 e. The molecule has 0 aliphatic heterocycles. The van der Waals surface area contributed by atoms with Gasteiger partial charge in [-0.2, -0.15) is 0 Å². The maximum absolute atomic E-state index is 12.0. The van der Waals surface area contributed by atoms with Crippen molar-refractivity contribution in [2.45, 2.75) is 37.8 Å². The van der Waals surface area contributed by atoms with Gasteiger partial charge in [0.05, 0.1) is 0 Å². The number of aliphatic hydroxyl groups is 1. The molecule has 0 saturated heterocycles. The van der Waals surface area contributed by atoms with Gasteiger partial charge in [-0.25, -0.2) is 0 Å². The van der Waals surface area contributed by atoms with Crippen molar-refractivity contribution < 1.29 is 27.8 Å². The standard InChI is InChI=1S/C14H18F3NO3/c1-13(19,8-18-10-2-3-10)9-20-11-4-6-12(7-5-11)21-14(15,16)17/h4-7,10,18-19H,2-3,8-9H2,1H3. The molecule has 1 atom stereocenters. The van der Waals surface area contributed by atoms with Gasteiger partial charge in [-0.1, -0.05) is 0 Å². The van der Waals surface area contributed by atoms with Gasteiger partial charge in [-0.05, 0) is 44.0 Å². The molecule has 1 aromatic rings. The second-order valence-electron chi connectivity index (χ2n) is 5.46. The Morgan fingerprint density at radius 2 is 1.76 bits per heavy atom. The van der Waals surface area contributed by atoms with E-state index in [0.717, 1.165) is 12.8 Å². The number of hydrogen-bond donors (Lipinski definition) is 2. The van der Waals surface area contributed by atoms with E-state index in [1.807, 2.05) is 0 Å². The van der Waals surface area contributed by atoms with Crippen LogP contribution in [-0.2, 0) is 0 Å². The van der Waals surface area contributed by atoms with Crippen LogP contribution in [0.4, 0.5) is 13.2 Å². The number of hydrogen-bond acceptors (Lipinski definition) is 4. The number of ether oxygens (including phenoxy) is 2. The largest absolute Gasteiger partial charge is 0.573 e. The molecule has 1 aliphatic rings. The molecule has 4 nitrogen and oxygen atoms in total. The Morgan fingerprint density at radius 1 is 1.19 bits per heavy atom. The maximum atomic E-state index is 12.0. The lowest BCUT2D eigenvalue weighted by Gasteiger charge is -2.24. The lowest BCUT2D eigenvalue weighted by Crippen LogP contribution is -2.43. The summed E-state index contributed by atoms with van der Waals surface area (Å²) in [7, 11) is 0. The van der Waals surface area contributed by atoms with E-state index in [1.165, 1.54) is 24.3 Å². The van der Waals surface area contributed by atoms with Gasteiger partial charge in [-0.15, -0.1) is 13.2 Å². The predicted octanol–water partition coefficient (Wildman–Crippen LogP) is 2.47. The van der Waals surface area contributed by atoms with Crippen molar-refractivity contribution in [3.05, 3.63) is 24.3 Å². The summed E-state index contributed by atoms with van der Waals surface area (Å²) < 4.78 is 45.2. The van der Waals surface area contributed by atoms with Gasteiger partial charge in [0.25, 0.3) is 0 Å². The van der Waals surface area contributed by atoms with Crippen molar-refractivity contribution in [2.24, 2.45) is 0 Å². The molecule has 1 aromatic carbocycles. The van der Waals surface area contributed by atoms with E-state index >= 15 is 0 Å². The monoisotopic (exact) mass is 305 g/mol. The summed E-state index contributed by atoms with van der Waals surface area (Å²) in [5, 5.41) is 13.3. The molecular weight excluding hydrogens is 287 g/mol. The van der Waals surface area contributed by atoms with E-state index in [1.54, 1.807) is 6.92 Å². The molecule has 2 N–H and O–H groups in total.